The van der Waals surface area contributed by atoms with Gasteiger partial charge in [-0.2, -0.15) is 0 Å². The second kappa shape index (κ2) is 7.05. The second-order valence-corrected chi connectivity index (χ2v) is 5.72. The van der Waals surface area contributed by atoms with Crippen molar-refractivity contribution in [1.29, 1.82) is 0 Å². The number of hydrogen-bond acceptors (Lipinski definition) is 5. The van der Waals surface area contributed by atoms with Crippen molar-refractivity contribution in [3.8, 4) is 5.75 Å². The number of nitrogens with zero attached hydrogens (tertiary/aromatic N) is 2. The highest BCUT2D eigenvalue weighted by Crippen LogP contribution is 2.24. The molecule has 0 saturated heterocycles. The van der Waals surface area contributed by atoms with Crippen LogP contribution >= 0.6 is 0 Å². The maximum atomic E-state index is 11.2. The summed E-state index contributed by atoms with van der Waals surface area (Å²) in [5.41, 5.74) is 3.80. The lowest BCUT2D eigenvalue weighted by atomic mass is 10.1. The summed E-state index contributed by atoms with van der Waals surface area (Å²) in [4.78, 5) is 15.1. The molecular weight excluding hydrogens is 292 g/mol. The lowest BCUT2D eigenvalue weighted by Gasteiger charge is -2.12. The van der Waals surface area contributed by atoms with Gasteiger partial charge in [0.05, 0.1) is 5.56 Å². The van der Waals surface area contributed by atoms with Gasteiger partial charge in [0.25, 0.3) is 0 Å². The van der Waals surface area contributed by atoms with Crippen LogP contribution in [0.1, 0.15) is 15.9 Å². The number of phenols is 1. The Kier molecular flexibility index (Phi) is 5.11. The molecule has 2 aromatic carbocycles. The number of ether oxygens (including phenoxy) is 1. The van der Waals surface area contributed by atoms with Crippen molar-refractivity contribution in [2.75, 3.05) is 38.0 Å². The van der Waals surface area contributed by atoms with Gasteiger partial charge < -0.3 is 19.6 Å². The SMILES string of the molecule is CN(C)c1ccc(O)cc1.CN(C)c1ccc2c(c1)C(=O)OC2. The molecule has 1 heterocycles. The standard InChI is InChI=1S/C10H11NO2.C8H11NO/c1-11(2)8-4-3-7-6-13-10(12)9(7)5-8;1-9(2)7-3-5-8(10)6-4-7/h3-5H,6H2,1-2H3;3-6,10H,1-2H3. The van der Waals surface area contributed by atoms with E-state index >= 15 is 0 Å². The monoisotopic (exact) mass is 314 g/mol. The Balaban J connectivity index is 0.000000174. The first kappa shape index (κ1) is 16.7. The van der Waals surface area contributed by atoms with Crippen LogP contribution in [0.2, 0.25) is 0 Å². The van der Waals surface area contributed by atoms with Crippen LogP contribution in [-0.2, 0) is 11.3 Å². The van der Waals surface area contributed by atoms with E-state index in [1.54, 1.807) is 12.1 Å². The molecule has 0 radical (unpaired) electrons. The van der Waals surface area contributed by atoms with Crippen LogP contribution in [0.5, 0.6) is 5.75 Å². The van der Waals surface area contributed by atoms with Gasteiger partial charge in [0.2, 0.25) is 0 Å². The van der Waals surface area contributed by atoms with Crippen LogP contribution in [-0.4, -0.2) is 39.3 Å². The molecule has 0 aromatic heterocycles. The zero-order chi connectivity index (χ0) is 17.0. The summed E-state index contributed by atoms with van der Waals surface area (Å²) in [6.07, 6.45) is 0. The third kappa shape index (κ3) is 4.16. The number of fused-ring (bicyclic) bond motifs is 1. The van der Waals surface area contributed by atoms with Crippen molar-refractivity contribution in [2.45, 2.75) is 6.61 Å². The molecule has 0 saturated carbocycles. The topological polar surface area (TPSA) is 53.0 Å². The Hall–Kier alpha value is -2.69. The average molecular weight is 314 g/mol. The van der Waals surface area contributed by atoms with Gasteiger partial charge in [-0.05, 0) is 36.4 Å². The molecule has 1 aliphatic heterocycles. The molecule has 2 aromatic rings. The van der Waals surface area contributed by atoms with Gasteiger partial charge in [-0.15, -0.1) is 0 Å². The van der Waals surface area contributed by atoms with E-state index in [0.717, 1.165) is 16.9 Å². The molecule has 1 N–H and O–H groups in total. The van der Waals surface area contributed by atoms with Gasteiger partial charge in [0.1, 0.15) is 12.4 Å². The maximum absolute atomic E-state index is 11.2. The van der Waals surface area contributed by atoms with Crippen molar-refractivity contribution < 1.29 is 14.6 Å². The van der Waals surface area contributed by atoms with Crippen LogP contribution < -0.4 is 9.80 Å². The third-order valence-corrected chi connectivity index (χ3v) is 3.55. The first-order valence-electron chi connectivity index (χ1n) is 7.32. The maximum Gasteiger partial charge on any atom is 0.338 e. The van der Waals surface area contributed by atoms with E-state index in [-0.39, 0.29) is 5.97 Å². The van der Waals surface area contributed by atoms with Crippen molar-refractivity contribution in [1.82, 2.24) is 0 Å². The highest BCUT2D eigenvalue weighted by molar-refractivity contribution is 5.94. The largest absolute Gasteiger partial charge is 0.508 e. The van der Waals surface area contributed by atoms with Crippen molar-refractivity contribution in [3.63, 3.8) is 0 Å². The number of anilines is 2. The van der Waals surface area contributed by atoms with E-state index in [9.17, 15) is 4.79 Å². The van der Waals surface area contributed by atoms with Gasteiger partial charge in [-0.25, -0.2) is 4.79 Å². The molecular formula is C18H22N2O3. The van der Waals surface area contributed by atoms with Gasteiger partial charge in [-0.3, -0.25) is 0 Å². The molecule has 0 spiro atoms. The van der Waals surface area contributed by atoms with E-state index in [1.807, 2.05) is 68.3 Å². The lowest BCUT2D eigenvalue weighted by Crippen LogP contribution is -2.09. The lowest BCUT2D eigenvalue weighted by molar-refractivity contribution is 0.0535. The van der Waals surface area contributed by atoms with E-state index < -0.39 is 0 Å². The number of aromatic hydroxyl groups is 1. The quantitative estimate of drug-likeness (QED) is 0.864. The van der Waals surface area contributed by atoms with E-state index in [0.29, 0.717) is 17.9 Å². The Morgan fingerprint density at radius 2 is 1.48 bits per heavy atom. The van der Waals surface area contributed by atoms with E-state index in [4.69, 9.17) is 9.84 Å². The number of carbonyl (C=O) groups excluding carboxylic acids is 1. The van der Waals surface area contributed by atoms with Crippen molar-refractivity contribution in [3.05, 3.63) is 53.6 Å². The van der Waals surface area contributed by atoms with Gasteiger partial charge in [-0.1, -0.05) is 6.07 Å². The fraction of sp³-hybridized carbons (Fsp3) is 0.278. The van der Waals surface area contributed by atoms with Crippen LogP contribution in [0, 0.1) is 0 Å². The van der Waals surface area contributed by atoms with Gasteiger partial charge in [0.15, 0.2) is 0 Å². The minimum Gasteiger partial charge on any atom is -0.508 e. The fourth-order valence-electron chi connectivity index (χ4n) is 2.13. The normalized spacial score (nSPS) is 11.9. The summed E-state index contributed by atoms with van der Waals surface area (Å²) in [7, 11) is 7.82. The number of esters is 1. The van der Waals surface area contributed by atoms with Crippen LogP contribution in [0.4, 0.5) is 11.4 Å². The molecule has 0 unspecified atom stereocenters. The smallest absolute Gasteiger partial charge is 0.338 e. The number of rotatable bonds is 2. The summed E-state index contributed by atoms with van der Waals surface area (Å²) < 4.78 is 4.90. The molecule has 3 rings (SSSR count). The summed E-state index contributed by atoms with van der Waals surface area (Å²) in [6.45, 7) is 0.419. The predicted molar refractivity (Wildman–Crippen MR) is 92.3 cm³/mol. The Morgan fingerprint density at radius 1 is 0.913 bits per heavy atom. The minimum absolute atomic E-state index is 0.210. The molecule has 1 aliphatic rings. The van der Waals surface area contributed by atoms with Crippen LogP contribution in [0.3, 0.4) is 0 Å². The summed E-state index contributed by atoms with van der Waals surface area (Å²) in [5, 5.41) is 8.92. The Morgan fingerprint density at radius 3 is 2.04 bits per heavy atom. The molecule has 5 heteroatoms. The minimum atomic E-state index is -0.210. The Labute approximate surface area is 136 Å². The number of benzene rings is 2. The highest BCUT2D eigenvalue weighted by Gasteiger charge is 2.21. The molecule has 5 nitrogen and oxygen atoms in total. The molecule has 0 fully saturated rings. The first-order chi connectivity index (χ1) is 10.9. The Bertz CT molecular complexity index is 679. The molecule has 0 amide bonds. The summed E-state index contributed by atoms with van der Waals surface area (Å²) in [6, 6.07) is 12.9. The number of phenolic OH excluding ortho intramolecular Hbond substituents is 1. The number of cyclic esters (lactones) is 1. The molecule has 122 valence electrons. The van der Waals surface area contributed by atoms with Crippen molar-refractivity contribution in [2.24, 2.45) is 0 Å². The molecule has 0 atom stereocenters. The third-order valence-electron chi connectivity index (χ3n) is 3.55. The predicted octanol–water partition coefficient (Wildman–Crippen LogP) is 2.88. The first-order valence-corrected chi connectivity index (χ1v) is 7.32. The van der Waals surface area contributed by atoms with E-state index in [1.165, 1.54) is 0 Å². The van der Waals surface area contributed by atoms with Gasteiger partial charge >= 0.3 is 5.97 Å². The highest BCUT2D eigenvalue weighted by atomic mass is 16.5. The van der Waals surface area contributed by atoms with Crippen LogP contribution in [0.15, 0.2) is 42.5 Å². The fourth-order valence-corrected chi connectivity index (χ4v) is 2.13. The molecule has 23 heavy (non-hydrogen) atoms. The summed E-state index contributed by atoms with van der Waals surface area (Å²) >= 11 is 0. The van der Waals surface area contributed by atoms with Crippen molar-refractivity contribution >= 4 is 17.3 Å². The average Bonchev–Trinajstić information content (AvgIpc) is 2.89. The zero-order valence-electron chi connectivity index (χ0n) is 13.9. The van der Waals surface area contributed by atoms with E-state index in [2.05, 4.69) is 0 Å². The number of hydrogen-bond donors (Lipinski definition) is 1. The van der Waals surface area contributed by atoms with Crippen LogP contribution in [0.25, 0.3) is 0 Å². The summed E-state index contributed by atoms with van der Waals surface area (Å²) in [5.74, 6) is 0.101. The molecule has 0 aliphatic carbocycles. The molecule has 0 bridgehead atoms. The zero-order valence-corrected chi connectivity index (χ0v) is 13.9. The number of carbonyl (C=O) groups is 1. The van der Waals surface area contributed by atoms with Gasteiger partial charge in [0, 0.05) is 45.1 Å². The second-order valence-electron chi connectivity index (χ2n) is 5.72.